The van der Waals surface area contributed by atoms with Crippen LogP contribution in [0.25, 0.3) is 0 Å². The normalized spacial score (nSPS) is 29.2. The Balaban J connectivity index is 0.00000242. The number of hydrogen-bond donors (Lipinski definition) is 1. The molecule has 2 rings (SSSR count). The second kappa shape index (κ2) is 8.80. The number of rotatable bonds is 5. The van der Waals surface area contributed by atoms with Crippen molar-refractivity contribution in [3.63, 3.8) is 0 Å². The summed E-state index contributed by atoms with van der Waals surface area (Å²) in [6.45, 7) is 10.1. The fraction of sp³-hybridized carbons (Fsp3) is 1.00. The predicted molar refractivity (Wildman–Crippen MR) is 90.6 cm³/mol. The molecule has 0 aromatic rings. The summed E-state index contributed by atoms with van der Waals surface area (Å²) in [5.74, 6) is 0.596. The first-order chi connectivity index (χ1) is 9.93. The molecule has 0 aromatic heterocycles. The quantitative estimate of drug-likeness (QED) is 0.801. The van der Waals surface area contributed by atoms with Crippen molar-refractivity contribution < 1.29 is 13.2 Å². The molecule has 0 amide bonds. The van der Waals surface area contributed by atoms with Gasteiger partial charge in [0, 0.05) is 26.2 Å². The fourth-order valence-corrected chi connectivity index (χ4v) is 4.97. The van der Waals surface area contributed by atoms with E-state index in [0.717, 1.165) is 25.9 Å². The summed E-state index contributed by atoms with van der Waals surface area (Å²) in [5.41, 5.74) is 0. The number of morpholine rings is 1. The van der Waals surface area contributed by atoms with E-state index >= 15 is 0 Å². The summed E-state index contributed by atoms with van der Waals surface area (Å²) in [7, 11) is -3.33. The Bertz CT molecular complexity index is 417. The van der Waals surface area contributed by atoms with E-state index in [4.69, 9.17) is 4.74 Å². The summed E-state index contributed by atoms with van der Waals surface area (Å²) >= 11 is 0. The van der Waals surface area contributed by atoms with E-state index in [1.807, 2.05) is 13.8 Å². The predicted octanol–water partition coefficient (Wildman–Crippen LogP) is 1.08. The van der Waals surface area contributed by atoms with E-state index in [9.17, 15) is 8.42 Å². The van der Waals surface area contributed by atoms with Crippen LogP contribution in [0.15, 0.2) is 0 Å². The maximum absolute atomic E-state index is 12.7. The molecule has 132 valence electrons. The van der Waals surface area contributed by atoms with Crippen molar-refractivity contribution >= 4 is 22.6 Å². The van der Waals surface area contributed by atoms with Gasteiger partial charge < -0.3 is 10.1 Å². The molecule has 2 fully saturated rings. The van der Waals surface area contributed by atoms with Gasteiger partial charge in [-0.1, -0.05) is 6.92 Å². The minimum absolute atomic E-state index is 0. The molecule has 1 N–H and O–H groups in total. The average molecular weight is 356 g/mol. The maximum atomic E-state index is 12.7. The van der Waals surface area contributed by atoms with Crippen LogP contribution in [0.4, 0.5) is 0 Å². The van der Waals surface area contributed by atoms with Crippen molar-refractivity contribution in [1.29, 1.82) is 0 Å². The zero-order valence-electron chi connectivity index (χ0n) is 13.8. The lowest BCUT2D eigenvalue weighted by molar-refractivity contribution is -0.0456. The van der Waals surface area contributed by atoms with Gasteiger partial charge in [-0.15, -0.1) is 12.4 Å². The van der Waals surface area contributed by atoms with Crippen molar-refractivity contribution in [2.75, 3.05) is 39.3 Å². The first-order valence-corrected chi connectivity index (χ1v) is 9.44. The average Bonchev–Trinajstić information content (AvgIpc) is 2.44. The topological polar surface area (TPSA) is 61.9 Å². The Morgan fingerprint density at radius 2 is 1.64 bits per heavy atom. The van der Waals surface area contributed by atoms with Gasteiger partial charge in [-0.3, -0.25) is 0 Å². The highest BCUT2D eigenvalue weighted by Crippen LogP contribution is 2.23. The molecule has 0 spiro atoms. The summed E-state index contributed by atoms with van der Waals surface area (Å²) in [5, 5.41) is 3.35. The summed E-state index contributed by atoms with van der Waals surface area (Å²) < 4.78 is 34.3. The van der Waals surface area contributed by atoms with Crippen molar-refractivity contribution in [3.8, 4) is 0 Å². The third-order valence-corrected chi connectivity index (χ3v) is 6.26. The number of piperidine rings is 1. The number of nitrogens with one attached hydrogen (secondary N) is 1. The van der Waals surface area contributed by atoms with Crippen LogP contribution in [-0.2, 0) is 14.9 Å². The lowest BCUT2D eigenvalue weighted by Crippen LogP contribution is -2.54. The monoisotopic (exact) mass is 355 g/mol. The molecule has 2 aliphatic heterocycles. The van der Waals surface area contributed by atoms with Crippen molar-refractivity contribution in [2.24, 2.45) is 5.92 Å². The van der Waals surface area contributed by atoms with Crippen LogP contribution >= 0.6 is 12.4 Å². The van der Waals surface area contributed by atoms with Crippen LogP contribution in [-0.4, -0.2) is 68.5 Å². The molecule has 6 nitrogen and oxygen atoms in total. The lowest BCUT2D eigenvalue weighted by atomic mass is 9.98. The first-order valence-electron chi connectivity index (χ1n) is 8.04. The van der Waals surface area contributed by atoms with E-state index in [1.54, 1.807) is 8.61 Å². The lowest BCUT2D eigenvalue weighted by Gasteiger charge is -2.39. The zero-order valence-corrected chi connectivity index (χ0v) is 15.5. The maximum Gasteiger partial charge on any atom is 0.282 e. The van der Waals surface area contributed by atoms with Gasteiger partial charge in [0.15, 0.2) is 0 Å². The molecule has 2 atom stereocenters. The third kappa shape index (κ3) is 5.04. The first kappa shape index (κ1) is 20.1. The summed E-state index contributed by atoms with van der Waals surface area (Å²) in [4.78, 5) is 0. The van der Waals surface area contributed by atoms with Crippen LogP contribution < -0.4 is 5.32 Å². The van der Waals surface area contributed by atoms with E-state index in [2.05, 4.69) is 12.2 Å². The summed E-state index contributed by atoms with van der Waals surface area (Å²) in [6, 6.07) is 0. The smallest absolute Gasteiger partial charge is 0.282 e. The zero-order chi connectivity index (χ0) is 15.5. The Labute approximate surface area is 141 Å². The molecule has 0 aromatic carbocycles. The third-order valence-electron chi connectivity index (χ3n) is 4.30. The van der Waals surface area contributed by atoms with Crippen LogP contribution in [0.2, 0.25) is 0 Å². The van der Waals surface area contributed by atoms with Crippen LogP contribution in [0.5, 0.6) is 0 Å². The fourth-order valence-electron chi connectivity index (χ4n) is 3.17. The number of hydrogen-bond acceptors (Lipinski definition) is 4. The summed E-state index contributed by atoms with van der Waals surface area (Å²) in [6.07, 6.45) is 1.83. The highest BCUT2D eigenvalue weighted by molar-refractivity contribution is 7.86. The molecule has 2 saturated heterocycles. The van der Waals surface area contributed by atoms with Crippen LogP contribution in [0.3, 0.4) is 0 Å². The van der Waals surface area contributed by atoms with Gasteiger partial charge in [-0.05, 0) is 45.7 Å². The van der Waals surface area contributed by atoms with Crippen LogP contribution in [0.1, 0.15) is 33.6 Å². The number of halogens is 1. The van der Waals surface area contributed by atoms with E-state index in [1.165, 1.54) is 0 Å². The van der Waals surface area contributed by atoms with Crippen molar-refractivity contribution in [1.82, 2.24) is 13.9 Å². The number of ether oxygens (including phenoxy) is 1. The molecule has 0 saturated carbocycles. The molecular formula is C14H30ClN3O3S. The van der Waals surface area contributed by atoms with Gasteiger partial charge in [0.2, 0.25) is 0 Å². The Hall–Kier alpha value is 0.0800. The molecule has 8 heteroatoms. The minimum Gasteiger partial charge on any atom is -0.373 e. The van der Waals surface area contributed by atoms with Gasteiger partial charge in [0.25, 0.3) is 10.2 Å². The van der Waals surface area contributed by atoms with E-state index in [-0.39, 0.29) is 24.6 Å². The van der Waals surface area contributed by atoms with E-state index < -0.39 is 10.2 Å². The molecular weight excluding hydrogens is 326 g/mol. The molecule has 2 aliphatic rings. The molecule has 22 heavy (non-hydrogen) atoms. The molecule has 2 unspecified atom stereocenters. The Morgan fingerprint density at radius 1 is 1.09 bits per heavy atom. The standard InChI is InChI=1S/C14H29N3O3S.ClH/c1-4-15-9-14-5-7-16(8-6-14)21(18,19)17-10-12(2)20-13(3)11-17;/h12-15H,4-11H2,1-3H3;1H. The SMILES string of the molecule is CCNCC1CCN(S(=O)(=O)N2CC(C)OC(C)C2)CC1.Cl. The largest absolute Gasteiger partial charge is 0.373 e. The molecule has 0 bridgehead atoms. The minimum atomic E-state index is -3.33. The molecule has 0 radical (unpaired) electrons. The van der Waals surface area contributed by atoms with Gasteiger partial charge in [0.1, 0.15) is 0 Å². The molecule has 0 aliphatic carbocycles. The van der Waals surface area contributed by atoms with Gasteiger partial charge in [-0.2, -0.15) is 17.0 Å². The van der Waals surface area contributed by atoms with E-state index in [0.29, 0.717) is 32.1 Å². The Morgan fingerprint density at radius 3 is 2.14 bits per heavy atom. The second-order valence-electron chi connectivity index (χ2n) is 6.23. The highest BCUT2D eigenvalue weighted by Gasteiger charge is 2.36. The van der Waals surface area contributed by atoms with Gasteiger partial charge in [-0.25, -0.2) is 0 Å². The van der Waals surface area contributed by atoms with Crippen molar-refractivity contribution in [3.05, 3.63) is 0 Å². The second-order valence-corrected chi connectivity index (χ2v) is 8.16. The molecule has 2 heterocycles. The van der Waals surface area contributed by atoms with Gasteiger partial charge in [0.05, 0.1) is 12.2 Å². The highest BCUT2D eigenvalue weighted by atomic mass is 35.5. The van der Waals surface area contributed by atoms with Crippen molar-refractivity contribution in [2.45, 2.75) is 45.8 Å². The Kier molecular flexibility index (Phi) is 8.05. The van der Waals surface area contributed by atoms with Crippen LogP contribution in [0, 0.1) is 5.92 Å². The number of nitrogens with zero attached hydrogens (tertiary/aromatic N) is 2. The van der Waals surface area contributed by atoms with Gasteiger partial charge >= 0.3 is 0 Å².